The summed E-state index contributed by atoms with van der Waals surface area (Å²) in [5, 5.41) is 5.60. The third kappa shape index (κ3) is 4.29. The highest BCUT2D eigenvalue weighted by Crippen LogP contribution is 2.24. The van der Waals surface area contributed by atoms with E-state index in [0.29, 0.717) is 12.5 Å². The molecule has 104 valence electrons. The van der Waals surface area contributed by atoms with Crippen molar-refractivity contribution in [2.45, 2.75) is 46.1 Å². The van der Waals surface area contributed by atoms with Crippen molar-refractivity contribution >= 4 is 11.8 Å². The Hall–Kier alpha value is -1.10. The van der Waals surface area contributed by atoms with Gasteiger partial charge >= 0.3 is 0 Å². The zero-order valence-corrected chi connectivity index (χ0v) is 11.6. The van der Waals surface area contributed by atoms with Gasteiger partial charge in [-0.15, -0.1) is 0 Å². The lowest BCUT2D eigenvalue weighted by molar-refractivity contribution is -0.131. The first-order valence-electron chi connectivity index (χ1n) is 6.62. The molecule has 2 atom stereocenters. The molecule has 4 N–H and O–H groups in total. The van der Waals surface area contributed by atoms with E-state index >= 15 is 0 Å². The molecule has 1 saturated carbocycles. The summed E-state index contributed by atoms with van der Waals surface area (Å²) in [6.07, 6.45) is 3.18. The van der Waals surface area contributed by atoms with E-state index in [-0.39, 0.29) is 24.4 Å². The normalized spacial score (nSPS) is 23.8. The molecule has 1 fully saturated rings. The van der Waals surface area contributed by atoms with Crippen LogP contribution in [0.15, 0.2) is 0 Å². The van der Waals surface area contributed by atoms with Crippen LogP contribution in [-0.4, -0.2) is 30.9 Å². The van der Waals surface area contributed by atoms with Crippen molar-refractivity contribution in [3.05, 3.63) is 0 Å². The minimum absolute atomic E-state index is 0.0455. The SMILES string of the molecule is CC(C)(C)C(=O)NCC(=O)NC1CCCC1CN. The molecule has 5 heteroatoms. The van der Waals surface area contributed by atoms with Gasteiger partial charge in [0, 0.05) is 11.5 Å². The van der Waals surface area contributed by atoms with Gasteiger partial charge in [-0.2, -0.15) is 0 Å². The van der Waals surface area contributed by atoms with E-state index in [4.69, 9.17) is 5.73 Å². The van der Waals surface area contributed by atoms with Gasteiger partial charge in [0.05, 0.1) is 6.54 Å². The van der Waals surface area contributed by atoms with Gasteiger partial charge in [-0.05, 0) is 25.3 Å². The topological polar surface area (TPSA) is 84.2 Å². The summed E-state index contributed by atoms with van der Waals surface area (Å²) in [5.41, 5.74) is 5.19. The fourth-order valence-electron chi connectivity index (χ4n) is 2.19. The molecule has 2 amide bonds. The van der Waals surface area contributed by atoms with Crippen LogP contribution < -0.4 is 16.4 Å². The van der Waals surface area contributed by atoms with Gasteiger partial charge in [0.15, 0.2) is 0 Å². The monoisotopic (exact) mass is 255 g/mol. The second kappa shape index (κ2) is 6.18. The molecule has 0 saturated heterocycles. The van der Waals surface area contributed by atoms with Crippen LogP contribution in [-0.2, 0) is 9.59 Å². The standard InChI is InChI=1S/C13H25N3O2/c1-13(2,3)12(18)15-8-11(17)16-10-6-4-5-9(10)7-14/h9-10H,4-8,14H2,1-3H3,(H,15,18)(H,16,17). The molecular weight excluding hydrogens is 230 g/mol. The lowest BCUT2D eigenvalue weighted by Crippen LogP contribution is -2.46. The van der Waals surface area contributed by atoms with E-state index < -0.39 is 5.41 Å². The van der Waals surface area contributed by atoms with Crippen LogP contribution in [0.5, 0.6) is 0 Å². The summed E-state index contributed by atoms with van der Waals surface area (Å²) in [5.74, 6) is 0.143. The summed E-state index contributed by atoms with van der Waals surface area (Å²) < 4.78 is 0. The largest absolute Gasteiger partial charge is 0.352 e. The molecule has 5 nitrogen and oxygen atoms in total. The molecular formula is C13H25N3O2. The maximum absolute atomic E-state index is 11.7. The van der Waals surface area contributed by atoms with Crippen molar-refractivity contribution in [1.29, 1.82) is 0 Å². The van der Waals surface area contributed by atoms with Gasteiger partial charge in [-0.25, -0.2) is 0 Å². The van der Waals surface area contributed by atoms with Crippen LogP contribution in [0, 0.1) is 11.3 Å². The molecule has 0 aromatic carbocycles. The Balaban J connectivity index is 2.32. The number of rotatable bonds is 4. The van der Waals surface area contributed by atoms with Gasteiger partial charge in [0.2, 0.25) is 11.8 Å². The van der Waals surface area contributed by atoms with Crippen molar-refractivity contribution < 1.29 is 9.59 Å². The molecule has 0 spiro atoms. The fraction of sp³-hybridized carbons (Fsp3) is 0.846. The van der Waals surface area contributed by atoms with Crippen molar-refractivity contribution in [1.82, 2.24) is 10.6 Å². The molecule has 1 aliphatic rings. The molecule has 0 bridgehead atoms. The Morgan fingerprint density at radius 2 is 1.94 bits per heavy atom. The molecule has 0 radical (unpaired) electrons. The van der Waals surface area contributed by atoms with Crippen molar-refractivity contribution in [2.24, 2.45) is 17.1 Å². The zero-order valence-electron chi connectivity index (χ0n) is 11.6. The van der Waals surface area contributed by atoms with E-state index in [9.17, 15) is 9.59 Å². The summed E-state index contributed by atoms with van der Waals surface area (Å²) in [6, 6.07) is 0.175. The summed E-state index contributed by atoms with van der Waals surface area (Å²) in [4.78, 5) is 23.3. The van der Waals surface area contributed by atoms with E-state index in [1.54, 1.807) is 0 Å². The van der Waals surface area contributed by atoms with Crippen molar-refractivity contribution in [3.8, 4) is 0 Å². The number of carbonyl (C=O) groups is 2. The molecule has 18 heavy (non-hydrogen) atoms. The van der Waals surface area contributed by atoms with Gasteiger partial charge in [-0.1, -0.05) is 27.2 Å². The second-order valence-electron chi connectivity index (χ2n) is 6.03. The molecule has 0 aromatic rings. The van der Waals surface area contributed by atoms with E-state index in [2.05, 4.69) is 10.6 Å². The number of nitrogens with one attached hydrogen (secondary N) is 2. The average Bonchev–Trinajstić information content (AvgIpc) is 2.71. The highest BCUT2D eigenvalue weighted by Gasteiger charge is 2.27. The average molecular weight is 255 g/mol. The first-order chi connectivity index (χ1) is 8.34. The Morgan fingerprint density at radius 1 is 1.28 bits per heavy atom. The Labute approximate surface area is 109 Å². The van der Waals surface area contributed by atoms with Crippen LogP contribution in [0.2, 0.25) is 0 Å². The van der Waals surface area contributed by atoms with Gasteiger partial charge in [0.25, 0.3) is 0 Å². The van der Waals surface area contributed by atoms with Gasteiger partial charge < -0.3 is 16.4 Å². The highest BCUT2D eigenvalue weighted by molar-refractivity contribution is 5.87. The second-order valence-corrected chi connectivity index (χ2v) is 6.03. The number of hydrogen-bond donors (Lipinski definition) is 3. The molecule has 2 unspecified atom stereocenters. The molecule has 1 rings (SSSR count). The van der Waals surface area contributed by atoms with Crippen LogP contribution in [0.4, 0.5) is 0 Å². The Morgan fingerprint density at radius 3 is 2.50 bits per heavy atom. The lowest BCUT2D eigenvalue weighted by Gasteiger charge is -2.21. The molecule has 0 heterocycles. The quantitative estimate of drug-likeness (QED) is 0.679. The molecule has 0 aliphatic heterocycles. The minimum atomic E-state index is -0.465. The van der Waals surface area contributed by atoms with Crippen molar-refractivity contribution in [2.75, 3.05) is 13.1 Å². The smallest absolute Gasteiger partial charge is 0.239 e. The van der Waals surface area contributed by atoms with Gasteiger partial charge in [-0.3, -0.25) is 9.59 Å². The van der Waals surface area contributed by atoms with E-state index in [1.807, 2.05) is 20.8 Å². The predicted molar refractivity (Wildman–Crippen MR) is 70.8 cm³/mol. The van der Waals surface area contributed by atoms with E-state index in [1.165, 1.54) is 0 Å². The molecule has 0 aromatic heterocycles. The number of hydrogen-bond acceptors (Lipinski definition) is 3. The Bertz CT molecular complexity index is 310. The third-order valence-corrected chi connectivity index (χ3v) is 3.40. The number of carbonyl (C=O) groups excluding carboxylic acids is 2. The van der Waals surface area contributed by atoms with Crippen LogP contribution in [0.1, 0.15) is 40.0 Å². The first-order valence-corrected chi connectivity index (χ1v) is 6.62. The summed E-state index contributed by atoms with van der Waals surface area (Å²) >= 11 is 0. The summed E-state index contributed by atoms with van der Waals surface area (Å²) in [6.45, 7) is 6.12. The van der Waals surface area contributed by atoms with Crippen LogP contribution in [0.25, 0.3) is 0 Å². The third-order valence-electron chi connectivity index (χ3n) is 3.40. The predicted octanol–water partition coefficient (Wildman–Crippen LogP) is 0.392. The van der Waals surface area contributed by atoms with Crippen molar-refractivity contribution in [3.63, 3.8) is 0 Å². The zero-order chi connectivity index (χ0) is 13.8. The lowest BCUT2D eigenvalue weighted by atomic mass is 9.96. The van der Waals surface area contributed by atoms with Crippen LogP contribution in [0.3, 0.4) is 0 Å². The minimum Gasteiger partial charge on any atom is -0.352 e. The van der Waals surface area contributed by atoms with Gasteiger partial charge in [0.1, 0.15) is 0 Å². The maximum atomic E-state index is 11.7. The Kier molecular flexibility index (Phi) is 5.14. The molecule has 1 aliphatic carbocycles. The maximum Gasteiger partial charge on any atom is 0.239 e. The van der Waals surface area contributed by atoms with Crippen LogP contribution >= 0.6 is 0 Å². The summed E-state index contributed by atoms with van der Waals surface area (Å²) in [7, 11) is 0. The highest BCUT2D eigenvalue weighted by atomic mass is 16.2. The fourth-order valence-corrected chi connectivity index (χ4v) is 2.19. The number of amides is 2. The van der Waals surface area contributed by atoms with E-state index in [0.717, 1.165) is 19.3 Å². The number of nitrogens with two attached hydrogens (primary N) is 1. The first kappa shape index (κ1) is 15.0.